The molecule has 3 heteroatoms. The summed E-state index contributed by atoms with van der Waals surface area (Å²) in [6, 6.07) is 4.89. The number of aryl methyl sites for hydroxylation is 1. The summed E-state index contributed by atoms with van der Waals surface area (Å²) in [5.41, 5.74) is 1.00. The first-order valence-corrected chi connectivity index (χ1v) is 5.27. The molecule has 1 rings (SSSR count). The summed E-state index contributed by atoms with van der Waals surface area (Å²) in [7, 11) is 0. The van der Waals surface area contributed by atoms with Crippen molar-refractivity contribution < 1.29 is 9.13 Å². The number of benzene rings is 1. The molecule has 0 radical (unpaired) electrons. The molecule has 0 amide bonds. The molecule has 0 heterocycles. The average Bonchev–Trinajstić information content (AvgIpc) is 2.20. The Hall–Kier alpha value is -1.09. The number of hydrogen-bond acceptors (Lipinski definition) is 2. The quantitative estimate of drug-likeness (QED) is 0.808. The fraction of sp³-hybridized carbons (Fsp3) is 0.500. The van der Waals surface area contributed by atoms with Gasteiger partial charge in [0, 0.05) is 6.54 Å². The minimum atomic E-state index is -0.302. The maximum Gasteiger partial charge on any atom is 0.165 e. The first-order valence-electron chi connectivity index (χ1n) is 5.27. The van der Waals surface area contributed by atoms with Crippen LogP contribution in [0.4, 0.5) is 4.39 Å². The van der Waals surface area contributed by atoms with Gasteiger partial charge in [0.1, 0.15) is 6.10 Å². The Bertz CT molecular complexity index is 314. The van der Waals surface area contributed by atoms with Crippen molar-refractivity contribution in [1.82, 2.24) is 5.32 Å². The molecule has 1 aromatic rings. The first-order chi connectivity index (χ1) is 7.13. The molecule has 0 aromatic heterocycles. The number of ether oxygens (including phenoxy) is 1. The fourth-order valence-corrected chi connectivity index (χ4v) is 1.31. The zero-order chi connectivity index (χ0) is 11.3. The second-order valence-corrected chi connectivity index (χ2v) is 3.67. The van der Waals surface area contributed by atoms with Gasteiger partial charge in [0.15, 0.2) is 11.6 Å². The van der Waals surface area contributed by atoms with Crippen LogP contribution in [0.25, 0.3) is 0 Å². The molecule has 0 bridgehead atoms. The largest absolute Gasteiger partial charge is 0.486 e. The van der Waals surface area contributed by atoms with Crippen molar-refractivity contribution in [3.05, 3.63) is 29.6 Å². The minimum absolute atomic E-state index is 0.0266. The molecule has 1 unspecified atom stereocenters. The summed E-state index contributed by atoms with van der Waals surface area (Å²) in [6.45, 7) is 7.49. The molecule has 0 aliphatic heterocycles. The predicted octanol–water partition coefficient (Wildman–Crippen LogP) is 2.51. The maximum absolute atomic E-state index is 13.3. The van der Waals surface area contributed by atoms with E-state index in [0.717, 1.165) is 18.7 Å². The van der Waals surface area contributed by atoms with Gasteiger partial charge in [-0.25, -0.2) is 4.39 Å². The Morgan fingerprint density at radius 2 is 2.20 bits per heavy atom. The summed E-state index contributed by atoms with van der Waals surface area (Å²) < 4.78 is 18.8. The van der Waals surface area contributed by atoms with Gasteiger partial charge in [0.25, 0.3) is 0 Å². The van der Waals surface area contributed by atoms with Crippen molar-refractivity contribution in [2.45, 2.75) is 26.9 Å². The number of hydrogen-bond donors (Lipinski definition) is 1. The molecule has 0 saturated heterocycles. The second kappa shape index (κ2) is 5.71. The van der Waals surface area contributed by atoms with Gasteiger partial charge < -0.3 is 10.1 Å². The molecule has 0 fully saturated rings. The standard InChI is InChI=1S/C12H18FNO/c1-4-14-8-10(3)15-12-7-9(2)5-6-11(12)13/h5-7,10,14H,4,8H2,1-3H3. The van der Waals surface area contributed by atoms with E-state index < -0.39 is 0 Å². The molecule has 2 nitrogen and oxygen atoms in total. The van der Waals surface area contributed by atoms with Gasteiger partial charge in [-0.05, 0) is 38.1 Å². The fourth-order valence-electron chi connectivity index (χ4n) is 1.31. The number of nitrogens with one attached hydrogen (secondary N) is 1. The molecule has 0 spiro atoms. The van der Waals surface area contributed by atoms with E-state index >= 15 is 0 Å². The van der Waals surface area contributed by atoms with Crippen molar-refractivity contribution >= 4 is 0 Å². The number of likely N-dealkylation sites (N-methyl/N-ethyl adjacent to an activating group) is 1. The van der Waals surface area contributed by atoms with Crippen molar-refractivity contribution in [3.8, 4) is 5.75 Å². The van der Waals surface area contributed by atoms with Gasteiger partial charge in [-0.2, -0.15) is 0 Å². The lowest BCUT2D eigenvalue weighted by Gasteiger charge is -2.15. The van der Waals surface area contributed by atoms with E-state index in [2.05, 4.69) is 5.32 Å². The lowest BCUT2D eigenvalue weighted by atomic mass is 10.2. The van der Waals surface area contributed by atoms with Crippen LogP contribution in [0.3, 0.4) is 0 Å². The highest BCUT2D eigenvalue weighted by molar-refractivity contribution is 5.29. The van der Waals surface area contributed by atoms with Crippen molar-refractivity contribution in [1.29, 1.82) is 0 Å². The lowest BCUT2D eigenvalue weighted by molar-refractivity contribution is 0.208. The van der Waals surface area contributed by atoms with Crippen LogP contribution in [-0.2, 0) is 0 Å². The molecule has 1 N–H and O–H groups in total. The lowest BCUT2D eigenvalue weighted by Crippen LogP contribution is -2.28. The van der Waals surface area contributed by atoms with E-state index in [0.29, 0.717) is 5.75 Å². The molecule has 15 heavy (non-hydrogen) atoms. The third kappa shape index (κ3) is 3.88. The van der Waals surface area contributed by atoms with Gasteiger partial charge in [-0.3, -0.25) is 0 Å². The van der Waals surface area contributed by atoms with Gasteiger partial charge >= 0.3 is 0 Å². The molecular formula is C12H18FNO. The topological polar surface area (TPSA) is 21.3 Å². The molecule has 1 aromatic carbocycles. The highest BCUT2D eigenvalue weighted by Crippen LogP contribution is 2.19. The summed E-state index contributed by atoms with van der Waals surface area (Å²) in [5, 5.41) is 3.15. The van der Waals surface area contributed by atoms with E-state index in [1.165, 1.54) is 6.07 Å². The number of rotatable bonds is 5. The Morgan fingerprint density at radius 1 is 1.47 bits per heavy atom. The Kier molecular flexibility index (Phi) is 4.56. The second-order valence-electron chi connectivity index (χ2n) is 3.67. The molecule has 0 saturated carbocycles. The summed E-state index contributed by atoms with van der Waals surface area (Å²) in [6.07, 6.45) is -0.0266. The zero-order valence-electron chi connectivity index (χ0n) is 9.51. The third-order valence-corrected chi connectivity index (χ3v) is 2.10. The highest BCUT2D eigenvalue weighted by atomic mass is 19.1. The van der Waals surface area contributed by atoms with Gasteiger partial charge in [0.05, 0.1) is 0 Å². The third-order valence-electron chi connectivity index (χ3n) is 2.10. The molecule has 0 aliphatic carbocycles. The normalized spacial score (nSPS) is 12.5. The average molecular weight is 211 g/mol. The van der Waals surface area contributed by atoms with Crippen LogP contribution in [0.15, 0.2) is 18.2 Å². The van der Waals surface area contributed by atoms with Crippen LogP contribution in [0, 0.1) is 12.7 Å². The van der Waals surface area contributed by atoms with Crippen LogP contribution in [0.2, 0.25) is 0 Å². The van der Waals surface area contributed by atoms with Crippen LogP contribution in [0.1, 0.15) is 19.4 Å². The van der Waals surface area contributed by atoms with Crippen molar-refractivity contribution in [2.24, 2.45) is 0 Å². The van der Waals surface area contributed by atoms with Crippen molar-refractivity contribution in [2.75, 3.05) is 13.1 Å². The monoisotopic (exact) mass is 211 g/mol. The molecule has 84 valence electrons. The summed E-state index contributed by atoms with van der Waals surface area (Å²) >= 11 is 0. The van der Waals surface area contributed by atoms with E-state index in [1.807, 2.05) is 20.8 Å². The highest BCUT2D eigenvalue weighted by Gasteiger charge is 2.07. The maximum atomic E-state index is 13.3. The van der Waals surface area contributed by atoms with E-state index in [-0.39, 0.29) is 11.9 Å². The van der Waals surface area contributed by atoms with E-state index in [4.69, 9.17) is 4.74 Å². The first kappa shape index (κ1) is 12.0. The van der Waals surface area contributed by atoms with Crippen LogP contribution in [0.5, 0.6) is 5.75 Å². The number of halogens is 1. The van der Waals surface area contributed by atoms with Gasteiger partial charge in [-0.1, -0.05) is 13.0 Å². The van der Waals surface area contributed by atoms with E-state index in [1.54, 1.807) is 12.1 Å². The van der Waals surface area contributed by atoms with Gasteiger partial charge in [0.2, 0.25) is 0 Å². The SMILES string of the molecule is CCNCC(C)Oc1cc(C)ccc1F. The van der Waals surface area contributed by atoms with Crippen molar-refractivity contribution in [3.63, 3.8) is 0 Å². The Morgan fingerprint density at radius 3 is 2.87 bits per heavy atom. The van der Waals surface area contributed by atoms with Crippen LogP contribution < -0.4 is 10.1 Å². The Balaban J connectivity index is 2.59. The van der Waals surface area contributed by atoms with E-state index in [9.17, 15) is 4.39 Å². The minimum Gasteiger partial charge on any atom is -0.486 e. The summed E-state index contributed by atoms with van der Waals surface area (Å²) in [4.78, 5) is 0. The van der Waals surface area contributed by atoms with Crippen LogP contribution >= 0.6 is 0 Å². The molecule has 1 atom stereocenters. The Labute approximate surface area is 90.4 Å². The zero-order valence-corrected chi connectivity index (χ0v) is 9.51. The molecular weight excluding hydrogens is 193 g/mol. The van der Waals surface area contributed by atoms with Gasteiger partial charge in [-0.15, -0.1) is 0 Å². The summed E-state index contributed by atoms with van der Waals surface area (Å²) in [5.74, 6) is 0.0318. The molecule has 0 aliphatic rings. The predicted molar refractivity (Wildman–Crippen MR) is 59.8 cm³/mol. The smallest absolute Gasteiger partial charge is 0.165 e. The van der Waals surface area contributed by atoms with Crippen LogP contribution in [-0.4, -0.2) is 19.2 Å².